The van der Waals surface area contributed by atoms with Gasteiger partial charge in [-0.25, -0.2) is 0 Å². The van der Waals surface area contributed by atoms with Crippen LogP contribution in [0.1, 0.15) is 59.1 Å². The predicted molar refractivity (Wildman–Crippen MR) is 99.3 cm³/mol. The van der Waals surface area contributed by atoms with E-state index in [-0.39, 0.29) is 18.5 Å². The molecule has 0 radical (unpaired) electrons. The van der Waals surface area contributed by atoms with Gasteiger partial charge >= 0.3 is 5.97 Å². The Balaban J connectivity index is 1.49. The number of carbonyl (C=O) groups excluding carboxylic acids is 1. The molecule has 0 unspecified atom stereocenters. The van der Waals surface area contributed by atoms with E-state index in [2.05, 4.69) is 24.1 Å². The molecule has 25 heavy (non-hydrogen) atoms. The molecule has 1 amide bonds. The largest absolute Gasteiger partial charge is 0.480 e. The van der Waals surface area contributed by atoms with Crippen LogP contribution in [-0.2, 0) is 11.2 Å². The lowest BCUT2D eigenvalue weighted by Crippen LogP contribution is -2.55. The fourth-order valence-electron chi connectivity index (χ4n) is 3.56. The molecule has 2 saturated carbocycles. The molecule has 2 aliphatic carbocycles. The van der Waals surface area contributed by atoms with Crippen molar-refractivity contribution in [3.63, 3.8) is 0 Å². The van der Waals surface area contributed by atoms with Crippen LogP contribution in [0.3, 0.4) is 0 Å². The van der Waals surface area contributed by atoms with Crippen molar-refractivity contribution in [1.82, 2.24) is 10.2 Å². The third-order valence-electron chi connectivity index (χ3n) is 5.26. The SMILES string of the molecule is CCCc1cc(C(=O)NC2CC(N(CC(=O)O)CC3CC3)C2)sc1C. The molecule has 1 aromatic rings. The van der Waals surface area contributed by atoms with Gasteiger partial charge in [-0.15, -0.1) is 11.3 Å². The fourth-order valence-corrected chi connectivity index (χ4v) is 4.53. The Kier molecular flexibility index (Phi) is 5.79. The summed E-state index contributed by atoms with van der Waals surface area (Å²) in [6.45, 7) is 5.23. The summed E-state index contributed by atoms with van der Waals surface area (Å²) in [6, 6.07) is 2.49. The second-order valence-corrected chi connectivity index (χ2v) is 8.76. The maximum absolute atomic E-state index is 12.5. The number of aryl methyl sites for hydroxylation is 2. The zero-order valence-electron chi connectivity index (χ0n) is 15.1. The number of rotatable bonds is 9. The van der Waals surface area contributed by atoms with E-state index in [0.717, 1.165) is 37.1 Å². The molecule has 0 atom stereocenters. The molecule has 0 aromatic carbocycles. The molecule has 0 saturated heterocycles. The van der Waals surface area contributed by atoms with Crippen molar-refractivity contribution < 1.29 is 14.7 Å². The van der Waals surface area contributed by atoms with Crippen LogP contribution in [0.5, 0.6) is 0 Å². The molecule has 138 valence electrons. The molecular formula is C19H28N2O3S. The second-order valence-electron chi connectivity index (χ2n) is 7.50. The first-order valence-electron chi connectivity index (χ1n) is 9.32. The first-order valence-corrected chi connectivity index (χ1v) is 10.1. The average Bonchev–Trinajstić information content (AvgIpc) is 3.24. The second kappa shape index (κ2) is 7.87. The first kappa shape index (κ1) is 18.4. The van der Waals surface area contributed by atoms with Crippen molar-refractivity contribution in [2.45, 2.75) is 64.5 Å². The summed E-state index contributed by atoms with van der Waals surface area (Å²) in [4.78, 5) is 27.7. The Hall–Kier alpha value is -1.40. The zero-order valence-corrected chi connectivity index (χ0v) is 15.9. The highest BCUT2D eigenvalue weighted by molar-refractivity contribution is 7.14. The Morgan fingerprint density at radius 3 is 2.68 bits per heavy atom. The maximum atomic E-state index is 12.5. The summed E-state index contributed by atoms with van der Waals surface area (Å²) in [5.74, 6) is -0.0596. The van der Waals surface area contributed by atoms with Gasteiger partial charge in [0.15, 0.2) is 0 Å². The number of nitrogens with zero attached hydrogens (tertiary/aromatic N) is 1. The molecular weight excluding hydrogens is 336 g/mol. The highest BCUT2D eigenvalue weighted by atomic mass is 32.1. The van der Waals surface area contributed by atoms with Crippen LogP contribution in [0, 0.1) is 12.8 Å². The van der Waals surface area contributed by atoms with Gasteiger partial charge in [0.25, 0.3) is 5.91 Å². The molecule has 2 fully saturated rings. The van der Waals surface area contributed by atoms with Crippen molar-refractivity contribution in [3.8, 4) is 0 Å². The lowest BCUT2D eigenvalue weighted by molar-refractivity contribution is -0.139. The van der Waals surface area contributed by atoms with Crippen LogP contribution >= 0.6 is 11.3 Å². The molecule has 1 heterocycles. The monoisotopic (exact) mass is 364 g/mol. The van der Waals surface area contributed by atoms with Crippen molar-refractivity contribution in [3.05, 3.63) is 21.4 Å². The maximum Gasteiger partial charge on any atom is 0.317 e. The van der Waals surface area contributed by atoms with Gasteiger partial charge in [0.1, 0.15) is 0 Å². The normalized spacial score (nSPS) is 22.7. The quantitative estimate of drug-likeness (QED) is 0.706. The predicted octanol–water partition coefficient (Wildman–Crippen LogP) is 3.07. The van der Waals surface area contributed by atoms with Gasteiger partial charge < -0.3 is 10.4 Å². The number of carboxylic acid groups (broad SMARTS) is 1. The third kappa shape index (κ3) is 4.82. The Labute approximate surface area is 153 Å². The fraction of sp³-hybridized carbons (Fsp3) is 0.684. The minimum atomic E-state index is -0.759. The van der Waals surface area contributed by atoms with Gasteiger partial charge in [0.05, 0.1) is 11.4 Å². The van der Waals surface area contributed by atoms with Crippen molar-refractivity contribution in [2.75, 3.05) is 13.1 Å². The van der Waals surface area contributed by atoms with Crippen LogP contribution in [0.2, 0.25) is 0 Å². The summed E-state index contributed by atoms with van der Waals surface area (Å²) in [6.07, 6.45) is 6.27. The number of carbonyl (C=O) groups is 2. The number of hydrogen-bond acceptors (Lipinski definition) is 4. The smallest absolute Gasteiger partial charge is 0.317 e. The van der Waals surface area contributed by atoms with Gasteiger partial charge in [-0.1, -0.05) is 13.3 Å². The summed E-state index contributed by atoms with van der Waals surface area (Å²) < 4.78 is 0. The molecule has 1 aromatic heterocycles. The van der Waals surface area contributed by atoms with Crippen LogP contribution < -0.4 is 5.32 Å². The lowest BCUT2D eigenvalue weighted by Gasteiger charge is -2.42. The van der Waals surface area contributed by atoms with E-state index < -0.39 is 5.97 Å². The van der Waals surface area contributed by atoms with E-state index in [1.165, 1.54) is 23.3 Å². The topological polar surface area (TPSA) is 69.6 Å². The van der Waals surface area contributed by atoms with E-state index in [1.54, 1.807) is 11.3 Å². The van der Waals surface area contributed by atoms with Crippen LogP contribution in [0.15, 0.2) is 6.07 Å². The standard InChI is InChI=1S/C19H28N2O3S/c1-3-4-14-7-17(25-12(14)2)19(24)20-15-8-16(9-15)21(11-18(22)23)10-13-5-6-13/h7,13,15-16H,3-6,8-11H2,1-2H3,(H,20,24)(H,22,23). The Bertz CT molecular complexity index is 633. The van der Waals surface area contributed by atoms with E-state index in [1.807, 2.05) is 6.07 Å². The summed E-state index contributed by atoms with van der Waals surface area (Å²) >= 11 is 1.57. The zero-order chi connectivity index (χ0) is 18.0. The van der Waals surface area contributed by atoms with Gasteiger partial charge in [-0.2, -0.15) is 0 Å². The number of aliphatic carboxylic acids is 1. The molecule has 2 aliphatic rings. The van der Waals surface area contributed by atoms with E-state index in [0.29, 0.717) is 12.0 Å². The lowest BCUT2D eigenvalue weighted by atomic mass is 9.85. The highest BCUT2D eigenvalue weighted by Crippen LogP contribution is 2.34. The summed E-state index contributed by atoms with van der Waals surface area (Å²) in [7, 11) is 0. The van der Waals surface area contributed by atoms with Crippen molar-refractivity contribution >= 4 is 23.2 Å². The molecule has 0 bridgehead atoms. The molecule has 2 N–H and O–H groups in total. The van der Waals surface area contributed by atoms with Crippen LogP contribution in [-0.4, -0.2) is 47.1 Å². The van der Waals surface area contributed by atoms with Gasteiger partial charge in [-0.05, 0) is 56.6 Å². The molecule has 0 spiro atoms. The molecule has 0 aliphatic heterocycles. The first-order chi connectivity index (χ1) is 12.0. The molecule has 3 rings (SSSR count). The van der Waals surface area contributed by atoms with Crippen LogP contribution in [0.25, 0.3) is 0 Å². The van der Waals surface area contributed by atoms with Gasteiger partial charge in [0.2, 0.25) is 0 Å². The van der Waals surface area contributed by atoms with E-state index >= 15 is 0 Å². The number of carboxylic acids is 1. The minimum Gasteiger partial charge on any atom is -0.480 e. The molecule has 5 nitrogen and oxygen atoms in total. The summed E-state index contributed by atoms with van der Waals surface area (Å²) in [5.41, 5.74) is 1.28. The van der Waals surface area contributed by atoms with Gasteiger partial charge in [-0.3, -0.25) is 14.5 Å². The van der Waals surface area contributed by atoms with Crippen molar-refractivity contribution in [1.29, 1.82) is 0 Å². The minimum absolute atomic E-state index is 0.0193. The van der Waals surface area contributed by atoms with Gasteiger partial charge in [0, 0.05) is 23.5 Å². The van der Waals surface area contributed by atoms with E-state index in [9.17, 15) is 9.59 Å². The Morgan fingerprint density at radius 2 is 2.08 bits per heavy atom. The average molecular weight is 365 g/mol. The number of hydrogen-bond donors (Lipinski definition) is 2. The number of amides is 1. The highest BCUT2D eigenvalue weighted by Gasteiger charge is 2.37. The molecule has 6 heteroatoms. The Morgan fingerprint density at radius 1 is 1.36 bits per heavy atom. The number of nitrogens with one attached hydrogen (secondary N) is 1. The van der Waals surface area contributed by atoms with E-state index in [4.69, 9.17) is 5.11 Å². The third-order valence-corrected chi connectivity index (χ3v) is 6.35. The van der Waals surface area contributed by atoms with Crippen molar-refractivity contribution in [2.24, 2.45) is 5.92 Å². The van der Waals surface area contributed by atoms with Crippen LogP contribution in [0.4, 0.5) is 0 Å². The number of thiophene rings is 1. The summed E-state index contributed by atoms with van der Waals surface area (Å²) in [5, 5.41) is 12.2.